The molecule has 0 bridgehead atoms. The standard InChI is InChI=1S/C23H27BrS.C7H7NO3S/c1-7-16(2)25-22(20-10-8-9-11-21(20)24)17(3)18-12-14-19(15-13-18)23(4,5)6;1-2-5(9)6-3-4-7(12-6)8(10)11/h7-15H,1-6H3;3-4H,2H2,1H3/b16-7-,22-17+;. The molecule has 3 rings (SSSR count). The monoisotopic (exact) mass is 599 g/mol. The SMILES string of the molecule is C/C=C(/C)S/C(=C(\C)c1ccc(C(C)(C)C)cc1)c1ccccc1Br.CCC(=O)c1ccc([N+](=O)[O-])s1. The van der Waals surface area contributed by atoms with Gasteiger partial charge in [-0.1, -0.05) is 115 Å². The molecule has 0 fully saturated rings. The first-order valence-corrected chi connectivity index (χ1v) is 14.5. The minimum Gasteiger partial charge on any atom is -0.293 e. The Kier molecular flexibility index (Phi) is 11.5. The van der Waals surface area contributed by atoms with E-state index in [-0.39, 0.29) is 16.2 Å². The zero-order chi connectivity index (χ0) is 27.8. The van der Waals surface area contributed by atoms with Crippen molar-refractivity contribution >= 4 is 60.3 Å². The molecule has 196 valence electrons. The van der Waals surface area contributed by atoms with Crippen LogP contribution in [-0.2, 0) is 5.41 Å². The number of carbonyl (C=O) groups excluding carboxylic acids is 1. The molecule has 0 spiro atoms. The zero-order valence-electron chi connectivity index (χ0n) is 22.4. The molecule has 0 N–H and O–H groups in total. The second-order valence-corrected chi connectivity index (χ2v) is 12.6. The molecule has 0 atom stereocenters. The first-order valence-electron chi connectivity index (χ1n) is 12.0. The van der Waals surface area contributed by atoms with Crippen molar-refractivity contribution in [2.24, 2.45) is 0 Å². The fourth-order valence-corrected chi connectivity index (χ4v) is 5.74. The summed E-state index contributed by atoms with van der Waals surface area (Å²) < 4.78 is 1.13. The number of Topliss-reactive ketones (excluding diaryl/α,β-unsaturated/α-hetero) is 1. The average Bonchev–Trinajstić information content (AvgIpc) is 3.38. The van der Waals surface area contributed by atoms with Crippen LogP contribution in [0.25, 0.3) is 10.5 Å². The highest BCUT2D eigenvalue weighted by Crippen LogP contribution is 2.42. The van der Waals surface area contributed by atoms with Gasteiger partial charge >= 0.3 is 5.00 Å². The van der Waals surface area contributed by atoms with Gasteiger partial charge in [0.25, 0.3) is 0 Å². The molecular weight excluding hydrogens is 566 g/mol. The fourth-order valence-electron chi connectivity index (χ4n) is 3.30. The molecule has 3 aromatic rings. The topological polar surface area (TPSA) is 60.2 Å². The van der Waals surface area contributed by atoms with E-state index < -0.39 is 4.92 Å². The van der Waals surface area contributed by atoms with Gasteiger partial charge in [-0.25, -0.2) is 0 Å². The van der Waals surface area contributed by atoms with Gasteiger partial charge in [-0.05, 0) is 59.9 Å². The Labute approximate surface area is 237 Å². The van der Waals surface area contributed by atoms with E-state index in [0.717, 1.165) is 15.8 Å². The van der Waals surface area contributed by atoms with Crippen LogP contribution in [0.15, 0.2) is 76.1 Å². The molecule has 1 aromatic heterocycles. The van der Waals surface area contributed by atoms with Gasteiger partial charge in [-0.3, -0.25) is 14.9 Å². The number of carbonyl (C=O) groups is 1. The second-order valence-electron chi connectivity index (χ2n) is 9.43. The van der Waals surface area contributed by atoms with Gasteiger partial charge in [0.05, 0.1) is 9.80 Å². The summed E-state index contributed by atoms with van der Waals surface area (Å²) in [5, 5.41) is 10.3. The van der Waals surface area contributed by atoms with Crippen LogP contribution in [-0.4, -0.2) is 10.7 Å². The number of hydrogen-bond acceptors (Lipinski definition) is 5. The first-order chi connectivity index (χ1) is 17.4. The molecule has 0 saturated heterocycles. The van der Waals surface area contributed by atoms with Gasteiger partial charge in [-0.2, -0.15) is 0 Å². The minimum absolute atomic E-state index is 0.0202. The van der Waals surface area contributed by atoms with Crippen LogP contribution in [0, 0.1) is 10.1 Å². The molecule has 2 aromatic carbocycles. The summed E-state index contributed by atoms with van der Waals surface area (Å²) in [4.78, 5) is 23.8. The Bertz CT molecular complexity index is 1300. The third-order valence-electron chi connectivity index (χ3n) is 5.68. The number of allylic oxidation sites excluding steroid dienone is 3. The molecule has 4 nitrogen and oxygen atoms in total. The van der Waals surface area contributed by atoms with E-state index in [1.165, 1.54) is 44.2 Å². The Morgan fingerprint density at radius 1 is 1.05 bits per heavy atom. The highest BCUT2D eigenvalue weighted by Gasteiger charge is 2.16. The molecule has 0 aliphatic rings. The predicted molar refractivity (Wildman–Crippen MR) is 164 cm³/mol. The second kappa shape index (κ2) is 13.9. The average molecular weight is 601 g/mol. The molecule has 37 heavy (non-hydrogen) atoms. The van der Waals surface area contributed by atoms with E-state index in [4.69, 9.17) is 0 Å². The first kappa shape index (κ1) is 30.7. The van der Waals surface area contributed by atoms with Crippen LogP contribution in [0.5, 0.6) is 0 Å². The summed E-state index contributed by atoms with van der Waals surface area (Å²) in [5.41, 5.74) is 5.36. The molecule has 0 unspecified atom stereocenters. The summed E-state index contributed by atoms with van der Waals surface area (Å²) in [6, 6.07) is 20.3. The number of rotatable bonds is 7. The lowest BCUT2D eigenvalue weighted by molar-refractivity contribution is -0.380. The number of ketones is 1. The van der Waals surface area contributed by atoms with E-state index in [9.17, 15) is 14.9 Å². The molecule has 7 heteroatoms. The molecule has 0 amide bonds. The van der Waals surface area contributed by atoms with Gasteiger partial charge in [-0.15, -0.1) is 0 Å². The number of nitrogens with zero attached hydrogens (tertiary/aromatic N) is 1. The number of thiophene rings is 1. The zero-order valence-corrected chi connectivity index (χ0v) is 25.6. The number of benzene rings is 2. The summed E-state index contributed by atoms with van der Waals surface area (Å²) >= 11 is 6.48. The molecule has 0 aliphatic carbocycles. The molecule has 1 heterocycles. The highest BCUT2D eigenvalue weighted by atomic mass is 79.9. The molecule has 0 saturated carbocycles. The van der Waals surface area contributed by atoms with Gasteiger partial charge in [0.2, 0.25) is 0 Å². The smallest absolute Gasteiger partial charge is 0.293 e. The van der Waals surface area contributed by atoms with E-state index in [1.807, 2.05) is 11.8 Å². The van der Waals surface area contributed by atoms with Gasteiger partial charge < -0.3 is 0 Å². The number of hydrogen-bond donors (Lipinski definition) is 0. The van der Waals surface area contributed by atoms with Crippen LogP contribution in [0.1, 0.15) is 81.2 Å². The number of nitro groups is 1. The van der Waals surface area contributed by atoms with E-state index in [1.54, 1.807) is 6.92 Å². The summed E-state index contributed by atoms with van der Waals surface area (Å²) in [5.74, 6) is -0.0481. The van der Waals surface area contributed by atoms with Crippen molar-refractivity contribution in [1.82, 2.24) is 0 Å². The Morgan fingerprint density at radius 3 is 2.16 bits per heavy atom. The molecule has 0 aliphatic heterocycles. The van der Waals surface area contributed by atoms with Crippen LogP contribution in [0.4, 0.5) is 5.00 Å². The van der Waals surface area contributed by atoms with Gasteiger partial charge in [0.1, 0.15) is 0 Å². The van der Waals surface area contributed by atoms with Crippen molar-refractivity contribution in [3.8, 4) is 0 Å². The maximum absolute atomic E-state index is 11.0. The van der Waals surface area contributed by atoms with Gasteiger partial charge in [0, 0.05) is 27.4 Å². The lowest BCUT2D eigenvalue weighted by Gasteiger charge is -2.20. The maximum Gasteiger partial charge on any atom is 0.324 e. The third-order valence-corrected chi connectivity index (χ3v) is 8.74. The van der Waals surface area contributed by atoms with Crippen LogP contribution < -0.4 is 0 Å². The summed E-state index contributed by atoms with van der Waals surface area (Å²) in [6.07, 6.45) is 2.55. The third kappa shape index (κ3) is 8.80. The van der Waals surface area contributed by atoms with Crippen molar-refractivity contribution in [2.75, 3.05) is 0 Å². The highest BCUT2D eigenvalue weighted by molar-refractivity contribution is 9.10. The van der Waals surface area contributed by atoms with Crippen molar-refractivity contribution in [3.05, 3.63) is 108 Å². The van der Waals surface area contributed by atoms with E-state index in [0.29, 0.717) is 11.3 Å². The Hall–Kier alpha value is -2.48. The quantitative estimate of drug-likeness (QED) is 0.117. The molecule has 0 radical (unpaired) electrons. The van der Waals surface area contributed by atoms with Crippen molar-refractivity contribution in [2.45, 2.75) is 60.3 Å². The number of halogens is 1. The van der Waals surface area contributed by atoms with Crippen molar-refractivity contribution in [1.29, 1.82) is 0 Å². The lowest BCUT2D eigenvalue weighted by Crippen LogP contribution is -2.10. The Balaban J connectivity index is 0.000000335. The van der Waals surface area contributed by atoms with Crippen molar-refractivity contribution in [3.63, 3.8) is 0 Å². The maximum atomic E-state index is 11.0. The number of thioether (sulfide) groups is 1. The van der Waals surface area contributed by atoms with E-state index >= 15 is 0 Å². The summed E-state index contributed by atoms with van der Waals surface area (Å²) in [6.45, 7) is 15.0. The van der Waals surface area contributed by atoms with Crippen LogP contribution in [0.3, 0.4) is 0 Å². The Morgan fingerprint density at radius 2 is 1.68 bits per heavy atom. The largest absolute Gasteiger partial charge is 0.324 e. The summed E-state index contributed by atoms with van der Waals surface area (Å²) in [7, 11) is 0. The van der Waals surface area contributed by atoms with Crippen molar-refractivity contribution < 1.29 is 9.72 Å². The lowest BCUT2D eigenvalue weighted by atomic mass is 9.86. The van der Waals surface area contributed by atoms with Crippen LogP contribution >= 0.6 is 39.0 Å². The van der Waals surface area contributed by atoms with Crippen LogP contribution in [0.2, 0.25) is 0 Å². The minimum atomic E-state index is -0.489. The predicted octanol–water partition coefficient (Wildman–Crippen LogP) is 10.5. The normalized spacial score (nSPS) is 12.4. The fraction of sp³-hybridized carbons (Fsp3) is 0.300. The van der Waals surface area contributed by atoms with E-state index in [2.05, 4.69) is 112 Å². The molecular formula is C30H34BrNO3S2. The van der Waals surface area contributed by atoms with Gasteiger partial charge in [0.15, 0.2) is 5.78 Å².